The van der Waals surface area contributed by atoms with Gasteiger partial charge in [-0.15, -0.1) is 0 Å². The second-order valence-electron chi connectivity index (χ2n) is 9.51. The zero-order valence-corrected chi connectivity index (χ0v) is 21.3. The third-order valence-electron chi connectivity index (χ3n) is 6.39. The average Bonchev–Trinajstić information content (AvgIpc) is 2.91. The molecule has 192 valence electrons. The van der Waals surface area contributed by atoms with Gasteiger partial charge in [-0.3, -0.25) is 14.7 Å². The van der Waals surface area contributed by atoms with Gasteiger partial charge < -0.3 is 14.7 Å². The summed E-state index contributed by atoms with van der Waals surface area (Å²) in [6, 6.07) is 11.4. The first-order valence-electron chi connectivity index (χ1n) is 12.3. The Morgan fingerprint density at radius 3 is 2.68 bits per heavy atom. The smallest absolute Gasteiger partial charge is 0.259 e. The van der Waals surface area contributed by atoms with Gasteiger partial charge in [-0.1, -0.05) is 30.9 Å². The van der Waals surface area contributed by atoms with Crippen LogP contribution in [-0.4, -0.2) is 69.7 Å². The van der Waals surface area contributed by atoms with Crippen molar-refractivity contribution in [3.63, 3.8) is 0 Å². The van der Waals surface area contributed by atoms with Crippen LogP contribution in [0.5, 0.6) is 5.88 Å². The highest BCUT2D eigenvalue weighted by Gasteiger charge is 2.34. The van der Waals surface area contributed by atoms with E-state index in [-0.39, 0.29) is 42.3 Å². The molecule has 0 saturated heterocycles. The molecule has 0 aliphatic carbocycles. The van der Waals surface area contributed by atoms with Crippen LogP contribution < -0.4 is 4.74 Å². The summed E-state index contributed by atoms with van der Waals surface area (Å²) in [4.78, 5) is 25.9. The fourth-order valence-electron chi connectivity index (χ4n) is 4.24. The van der Waals surface area contributed by atoms with Crippen molar-refractivity contribution in [2.45, 2.75) is 32.5 Å². The minimum Gasteiger partial charge on any atom is -0.472 e. The van der Waals surface area contributed by atoms with Crippen molar-refractivity contribution in [2.75, 3.05) is 26.7 Å². The Bertz CT molecular complexity index is 1270. The number of carbonyl (C=O) groups excluding carboxylic acids is 1. The van der Waals surface area contributed by atoms with Crippen LogP contribution in [0, 0.1) is 23.6 Å². The molecule has 1 N–H and O–H groups in total. The van der Waals surface area contributed by atoms with E-state index in [0.29, 0.717) is 30.8 Å². The number of benzene rings is 1. The normalized spacial score (nSPS) is 18.2. The lowest BCUT2D eigenvalue weighted by atomic mass is 9.99. The molecular weight excluding hydrogens is 471 g/mol. The van der Waals surface area contributed by atoms with Crippen LogP contribution in [0.2, 0.25) is 0 Å². The Kier molecular flexibility index (Phi) is 8.49. The second kappa shape index (κ2) is 12.0. The van der Waals surface area contributed by atoms with E-state index in [2.05, 4.69) is 26.7 Å². The molecule has 0 bridgehead atoms. The molecule has 0 radical (unpaired) electrons. The molecule has 0 saturated carbocycles. The number of nitrogens with zero attached hydrogens (tertiary/aromatic N) is 4. The van der Waals surface area contributed by atoms with E-state index in [1.807, 2.05) is 33.0 Å². The third kappa shape index (κ3) is 6.70. The number of fused-ring (bicyclic) bond motifs is 1. The van der Waals surface area contributed by atoms with Gasteiger partial charge in [0, 0.05) is 55.3 Å². The first kappa shape index (κ1) is 26.3. The van der Waals surface area contributed by atoms with Gasteiger partial charge in [-0.25, -0.2) is 9.37 Å². The maximum atomic E-state index is 13.6. The molecule has 7 nitrogen and oxygen atoms in total. The van der Waals surface area contributed by atoms with Crippen molar-refractivity contribution in [1.82, 2.24) is 19.8 Å². The van der Waals surface area contributed by atoms with Crippen LogP contribution in [0.25, 0.3) is 0 Å². The van der Waals surface area contributed by atoms with Gasteiger partial charge in [-0.05, 0) is 49.9 Å². The lowest BCUT2D eigenvalue weighted by Gasteiger charge is -2.37. The van der Waals surface area contributed by atoms with E-state index in [4.69, 9.17) is 4.74 Å². The monoisotopic (exact) mass is 502 g/mol. The van der Waals surface area contributed by atoms with Gasteiger partial charge in [0.05, 0.1) is 12.6 Å². The summed E-state index contributed by atoms with van der Waals surface area (Å²) in [5.74, 6) is 5.78. The topological polar surface area (TPSA) is 78.8 Å². The number of aliphatic hydroxyl groups excluding tert-OH is 1. The third-order valence-corrected chi connectivity index (χ3v) is 6.39. The minimum atomic E-state index is -0.372. The molecule has 0 unspecified atom stereocenters. The summed E-state index contributed by atoms with van der Waals surface area (Å²) < 4.78 is 19.6. The highest BCUT2D eigenvalue weighted by molar-refractivity contribution is 5.97. The number of hydrogen-bond acceptors (Lipinski definition) is 6. The Balaban J connectivity index is 1.61. The molecule has 1 aromatic carbocycles. The number of hydrogen-bond donors (Lipinski definition) is 1. The molecule has 0 spiro atoms. The number of amides is 1. The molecule has 1 amide bonds. The Labute approximate surface area is 216 Å². The molecule has 2 aromatic heterocycles. The number of carbonyl (C=O) groups is 1. The Hall–Kier alpha value is -3.80. The predicted octanol–water partition coefficient (Wildman–Crippen LogP) is 3.37. The summed E-state index contributed by atoms with van der Waals surface area (Å²) >= 11 is 0. The number of aromatic nitrogens is 2. The number of aliphatic hydroxyl groups is 1. The lowest BCUT2D eigenvalue weighted by Crippen LogP contribution is -2.49. The molecule has 4 rings (SSSR count). The SMILES string of the molecule is C[C@H]1CN([C@@H](C)CO)C(=O)c2cc(C#Cc3cccnc3)cnc2O[C@H]1CN(C)Cc1ccc(F)cc1. The van der Waals surface area contributed by atoms with Gasteiger partial charge >= 0.3 is 0 Å². The van der Waals surface area contributed by atoms with E-state index in [1.54, 1.807) is 41.7 Å². The van der Waals surface area contributed by atoms with Crippen LogP contribution in [0.3, 0.4) is 0 Å². The Morgan fingerprint density at radius 2 is 1.97 bits per heavy atom. The van der Waals surface area contributed by atoms with Gasteiger partial charge in [0.15, 0.2) is 0 Å². The van der Waals surface area contributed by atoms with Crippen molar-refractivity contribution in [2.24, 2.45) is 5.92 Å². The highest BCUT2D eigenvalue weighted by Crippen LogP contribution is 2.27. The molecule has 1 aliphatic heterocycles. The standard InChI is InChI=1S/C29H31FN4O3/c1-20-16-34(21(2)19-35)29(36)26-13-24(7-6-22-5-4-12-31-14-22)15-32-28(26)37-27(20)18-33(3)17-23-8-10-25(30)11-9-23/h4-5,8-15,20-21,27,35H,16-19H2,1-3H3/t20-,21-,27-/m0/s1. The van der Waals surface area contributed by atoms with Gasteiger partial charge in [0.25, 0.3) is 5.91 Å². The maximum absolute atomic E-state index is 13.6. The van der Waals surface area contributed by atoms with E-state index in [1.165, 1.54) is 12.1 Å². The summed E-state index contributed by atoms with van der Waals surface area (Å²) in [6.45, 7) is 5.29. The summed E-state index contributed by atoms with van der Waals surface area (Å²) in [5.41, 5.74) is 2.64. The van der Waals surface area contributed by atoms with Crippen molar-refractivity contribution >= 4 is 5.91 Å². The fourth-order valence-corrected chi connectivity index (χ4v) is 4.24. The number of halogens is 1. The molecule has 1 aliphatic rings. The number of pyridine rings is 2. The average molecular weight is 503 g/mol. The molecule has 37 heavy (non-hydrogen) atoms. The highest BCUT2D eigenvalue weighted by atomic mass is 19.1. The minimum absolute atomic E-state index is 0.0337. The van der Waals surface area contributed by atoms with Crippen molar-refractivity contribution in [3.8, 4) is 17.7 Å². The van der Waals surface area contributed by atoms with E-state index < -0.39 is 0 Å². The molecule has 0 fully saturated rings. The van der Waals surface area contributed by atoms with Crippen molar-refractivity contribution in [1.29, 1.82) is 0 Å². The zero-order chi connectivity index (χ0) is 26.4. The number of rotatable bonds is 6. The van der Waals surface area contributed by atoms with Crippen LogP contribution in [-0.2, 0) is 6.54 Å². The van der Waals surface area contributed by atoms with Gasteiger partial charge in [0.1, 0.15) is 17.5 Å². The molecule has 3 aromatic rings. The first-order valence-corrected chi connectivity index (χ1v) is 12.3. The van der Waals surface area contributed by atoms with E-state index >= 15 is 0 Å². The van der Waals surface area contributed by atoms with Crippen LogP contribution in [0.15, 0.2) is 61.1 Å². The molecule has 8 heteroatoms. The Morgan fingerprint density at radius 1 is 1.22 bits per heavy atom. The van der Waals surface area contributed by atoms with Crippen LogP contribution in [0.1, 0.15) is 40.9 Å². The summed E-state index contributed by atoms with van der Waals surface area (Å²) in [6.07, 6.45) is 4.67. The van der Waals surface area contributed by atoms with Crippen LogP contribution >= 0.6 is 0 Å². The predicted molar refractivity (Wildman–Crippen MR) is 138 cm³/mol. The second-order valence-corrected chi connectivity index (χ2v) is 9.51. The summed E-state index contributed by atoms with van der Waals surface area (Å²) in [7, 11) is 1.98. The molecular formula is C29H31FN4O3. The van der Waals surface area contributed by atoms with Crippen molar-refractivity contribution in [3.05, 3.63) is 89.1 Å². The fraction of sp³-hybridized carbons (Fsp3) is 0.345. The van der Waals surface area contributed by atoms with Gasteiger partial charge in [0.2, 0.25) is 5.88 Å². The maximum Gasteiger partial charge on any atom is 0.259 e. The van der Waals surface area contributed by atoms with E-state index in [0.717, 1.165) is 11.1 Å². The summed E-state index contributed by atoms with van der Waals surface area (Å²) in [5, 5.41) is 9.86. The first-order chi connectivity index (χ1) is 17.8. The quantitative estimate of drug-likeness (QED) is 0.521. The zero-order valence-electron chi connectivity index (χ0n) is 21.3. The van der Waals surface area contributed by atoms with Crippen LogP contribution in [0.4, 0.5) is 4.39 Å². The molecule has 3 atom stereocenters. The number of likely N-dealkylation sites (N-methyl/N-ethyl adjacent to an activating group) is 1. The molecule has 3 heterocycles. The van der Waals surface area contributed by atoms with Gasteiger partial charge in [-0.2, -0.15) is 0 Å². The lowest BCUT2D eigenvalue weighted by molar-refractivity contribution is 0.0325. The number of ether oxygens (including phenoxy) is 1. The largest absolute Gasteiger partial charge is 0.472 e. The van der Waals surface area contributed by atoms with Crippen molar-refractivity contribution < 1.29 is 19.0 Å². The van der Waals surface area contributed by atoms with E-state index in [9.17, 15) is 14.3 Å².